The van der Waals surface area contributed by atoms with Gasteiger partial charge >= 0.3 is 0 Å². The Hall–Kier alpha value is -0.610. The molecular weight excluding hydrogens is 168 g/mol. The molecule has 4 nitrogen and oxygen atoms in total. The third kappa shape index (κ3) is 2.00. The molecule has 1 heterocycles. The average Bonchev–Trinajstić information content (AvgIpc) is 2.26. The molecule has 0 aromatic heterocycles. The maximum atomic E-state index is 10.9. The lowest BCUT2D eigenvalue weighted by Crippen LogP contribution is -2.51. The van der Waals surface area contributed by atoms with Crippen LogP contribution >= 0.6 is 0 Å². The van der Waals surface area contributed by atoms with Crippen LogP contribution in [0.2, 0.25) is 0 Å². The Morgan fingerprint density at radius 3 is 2.62 bits per heavy atom. The van der Waals surface area contributed by atoms with E-state index in [-0.39, 0.29) is 23.7 Å². The second-order valence-electron chi connectivity index (χ2n) is 3.84. The van der Waals surface area contributed by atoms with Gasteiger partial charge in [-0.25, -0.2) is 0 Å². The number of ether oxygens (including phenoxy) is 1. The zero-order chi connectivity index (χ0) is 10.1. The molecule has 0 aromatic rings. The highest BCUT2D eigenvalue weighted by molar-refractivity contribution is 5.75. The van der Waals surface area contributed by atoms with E-state index in [0.717, 1.165) is 6.42 Å². The van der Waals surface area contributed by atoms with Crippen molar-refractivity contribution in [1.82, 2.24) is 5.32 Å². The minimum absolute atomic E-state index is 0.0417. The Bertz CT molecular complexity index is 208. The summed E-state index contributed by atoms with van der Waals surface area (Å²) in [6.07, 6.45) is 1.42. The lowest BCUT2D eigenvalue weighted by Gasteiger charge is -2.30. The normalized spacial score (nSPS) is 39.3. The molecule has 0 saturated carbocycles. The summed E-state index contributed by atoms with van der Waals surface area (Å²) in [5.74, 6) is -0.279. The van der Waals surface area contributed by atoms with E-state index in [1.54, 1.807) is 0 Å². The van der Waals surface area contributed by atoms with Gasteiger partial charge in [0.1, 0.15) is 0 Å². The molecule has 0 radical (unpaired) electrons. The van der Waals surface area contributed by atoms with Gasteiger partial charge in [0, 0.05) is 6.42 Å². The van der Waals surface area contributed by atoms with Crippen LogP contribution in [-0.2, 0) is 9.53 Å². The van der Waals surface area contributed by atoms with Crippen LogP contribution in [0.1, 0.15) is 26.7 Å². The first-order valence-corrected chi connectivity index (χ1v) is 4.63. The Kier molecular flexibility index (Phi) is 2.93. The molecule has 76 valence electrons. The van der Waals surface area contributed by atoms with Crippen molar-refractivity contribution in [3.05, 3.63) is 0 Å². The predicted molar refractivity (Wildman–Crippen MR) is 50.2 cm³/mol. The lowest BCUT2D eigenvalue weighted by atomic mass is 9.87. The fourth-order valence-electron chi connectivity index (χ4n) is 2.13. The number of primary amides is 1. The van der Waals surface area contributed by atoms with E-state index in [1.165, 1.54) is 0 Å². The van der Waals surface area contributed by atoms with Crippen molar-refractivity contribution in [1.29, 1.82) is 0 Å². The molecule has 1 aliphatic heterocycles. The first kappa shape index (κ1) is 10.5. The van der Waals surface area contributed by atoms with Gasteiger partial charge in [-0.15, -0.1) is 0 Å². The monoisotopic (exact) mass is 186 g/mol. The molecule has 1 saturated heterocycles. The van der Waals surface area contributed by atoms with Crippen LogP contribution in [0, 0.1) is 0 Å². The van der Waals surface area contributed by atoms with Gasteiger partial charge in [0.25, 0.3) is 0 Å². The largest absolute Gasteiger partial charge is 0.374 e. The number of carbonyl (C=O) groups is 1. The second-order valence-corrected chi connectivity index (χ2v) is 3.84. The van der Waals surface area contributed by atoms with Crippen LogP contribution < -0.4 is 11.1 Å². The van der Waals surface area contributed by atoms with Crippen molar-refractivity contribution >= 4 is 5.91 Å². The van der Waals surface area contributed by atoms with Crippen LogP contribution in [0.25, 0.3) is 0 Å². The van der Waals surface area contributed by atoms with Gasteiger partial charge < -0.3 is 15.8 Å². The number of amides is 1. The first-order valence-electron chi connectivity index (χ1n) is 4.63. The highest BCUT2D eigenvalue weighted by atomic mass is 16.5. The van der Waals surface area contributed by atoms with Crippen LogP contribution in [-0.4, -0.2) is 30.7 Å². The van der Waals surface area contributed by atoms with E-state index < -0.39 is 0 Å². The van der Waals surface area contributed by atoms with Crippen molar-refractivity contribution in [3.63, 3.8) is 0 Å². The van der Waals surface area contributed by atoms with E-state index >= 15 is 0 Å². The summed E-state index contributed by atoms with van der Waals surface area (Å²) in [7, 11) is 1.85. The van der Waals surface area contributed by atoms with E-state index in [1.807, 2.05) is 20.9 Å². The van der Waals surface area contributed by atoms with E-state index in [2.05, 4.69) is 5.32 Å². The minimum Gasteiger partial charge on any atom is -0.374 e. The van der Waals surface area contributed by atoms with Crippen LogP contribution in [0.5, 0.6) is 0 Å². The quantitative estimate of drug-likeness (QED) is 0.653. The summed E-state index contributed by atoms with van der Waals surface area (Å²) < 4.78 is 5.60. The molecule has 1 fully saturated rings. The number of nitrogens with one attached hydrogen (secondary N) is 1. The molecule has 3 N–H and O–H groups in total. The molecule has 0 bridgehead atoms. The maximum Gasteiger partial charge on any atom is 0.219 e. The topological polar surface area (TPSA) is 64.3 Å². The van der Waals surface area contributed by atoms with Crippen molar-refractivity contribution in [2.45, 2.75) is 44.4 Å². The van der Waals surface area contributed by atoms with Crippen molar-refractivity contribution in [3.8, 4) is 0 Å². The molecule has 0 spiro atoms. The molecule has 4 heteroatoms. The summed E-state index contributed by atoms with van der Waals surface area (Å²) in [6, 6.07) is 0. The SMILES string of the molecule is CNC1(CC(N)=O)CC(C)OC1C. The second kappa shape index (κ2) is 3.64. The summed E-state index contributed by atoms with van der Waals surface area (Å²) >= 11 is 0. The highest BCUT2D eigenvalue weighted by Gasteiger charge is 2.44. The average molecular weight is 186 g/mol. The zero-order valence-corrected chi connectivity index (χ0v) is 8.46. The van der Waals surface area contributed by atoms with Gasteiger partial charge in [0.15, 0.2) is 0 Å². The Morgan fingerprint density at radius 1 is 1.69 bits per heavy atom. The fourth-order valence-corrected chi connectivity index (χ4v) is 2.13. The summed E-state index contributed by atoms with van der Waals surface area (Å²) in [5, 5.41) is 3.16. The third-order valence-corrected chi connectivity index (χ3v) is 2.85. The summed E-state index contributed by atoms with van der Waals surface area (Å²) in [4.78, 5) is 10.9. The molecule has 3 unspecified atom stereocenters. The standard InChI is InChI=1S/C9H18N2O2/c1-6-4-9(11-3,5-8(10)12)7(2)13-6/h6-7,11H,4-5H2,1-3H3,(H2,10,12). The Morgan fingerprint density at radius 2 is 2.31 bits per heavy atom. The fraction of sp³-hybridized carbons (Fsp3) is 0.889. The smallest absolute Gasteiger partial charge is 0.219 e. The van der Waals surface area contributed by atoms with Crippen molar-refractivity contribution < 1.29 is 9.53 Å². The van der Waals surface area contributed by atoms with Crippen LogP contribution in [0.3, 0.4) is 0 Å². The zero-order valence-electron chi connectivity index (χ0n) is 8.46. The maximum absolute atomic E-state index is 10.9. The van der Waals surface area contributed by atoms with Gasteiger partial charge in [0.2, 0.25) is 5.91 Å². The lowest BCUT2D eigenvalue weighted by molar-refractivity contribution is -0.120. The summed E-state index contributed by atoms with van der Waals surface area (Å²) in [6.45, 7) is 3.99. The molecule has 1 aliphatic rings. The Labute approximate surface area is 78.8 Å². The molecule has 1 amide bonds. The number of likely N-dealkylation sites (N-methyl/N-ethyl adjacent to an activating group) is 1. The predicted octanol–water partition coefficient (Wildman–Crippen LogP) is 0.0173. The van der Waals surface area contributed by atoms with Crippen LogP contribution in [0.15, 0.2) is 0 Å². The van der Waals surface area contributed by atoms with E-state index in [0.29, 0.717) is 6.42 Å². The number of hydrogen-bond donors (Lipinski definition) is 2. The van der Waals surface area contributed by atoms with E-state index in [4.69, 9.17) is 10.5 Å². The van der Waals surface area contributed by atoms with Crippen LogP contribution in [0.4, 0.5) is 0 Å². The number of nitrogens with two attached hydrogens (primary N) is 1. The first-order chi connectivity index (χ1) is 6.00. The molecule has 0 aromatic carbocycles. The number of rotatable bonds is 3. The van der Waals surface area contributed by atoms with E-state index in [9.17, 15) is 4.79 Å². The molecule has 3 atom stereocenters. The van der Waals surface area contributed by atoms with Crippen molar-refractivity contribution in [2.24, 2.45) is 5.73 Å². The van der Waals surface area contributed by atoms with Gasteiger partial charge in [-0.1, -0.05) is 0 Å². The number of carbonyl (C=O) groups excluding carboxylic acids is 1. The minimum atomic E-state index is -0.279. The van der Waals surface area contributed by atoms with Crippen molar-refractivity contribution in [2.75, 3.05) is 7.05 Å². The Balaban J connectivity index is 2.74. The summed E-state index contributed by atoms with van der Waals surface area (Å²) in [5.41, 5.74) is 4.95. The molecule has 1 rings (SSSR count). The third-order valence-electron chi connectivity index (χ3n) is 2.85. The number of hydrogen-bond acceptors (Lipinski definition) is 3. The molecular formula is C9H18N2O2. The van der Waals surface area contributed by atoms with Gasteiger partial charge in [-0.3, -0.25) is 4.79 Å². The van der Waals surface area contributed by atoms with Gasteiger partial charge in [-0.2, -0.15) is 0 Å². The molecule has 13 heavy (non-hydrogen) atoms. The van der Waals surface area contributed by atoms with Gasteiger partial charge in [0.05, 0.1) is 17.7 Å². The van der Waals surface area contributed by atoms with Gasteiger partial charge in [-0.05, 0) is 27.3 Å². The molecule has 0 aliphatic carbocycles. The highest BCUT2D eigenvalue weighted by Crippen LogP contribution is 2.32.